The van der Waals surface area contributed by atoms with Crippen LogP contribution in [0.15, 0.2) is 48.7 Å². The van der Waals surface area contributed by atoms with E-state index >= 15 is 0 Å². The minimum absolute atomic E-state index is 0.112. The molecule has 2 heterocycles. The van der Waals surface area contributed by atoms with Gasteiger partial charge in [-0.25, -0.2) is 4.98 Å². The molecular formula is C19H23BN2O3. The van der Waals surface area contributed by atoms with Crippen LogP contribution in [0.3, 0.4) is 0 Å². The molecule has 1 aliphatic heterocycles. The van der Waals surface area contributed by atoms with Crippen LogP contribution in [0.4, 0.5) is 5.82 Å². The monoisotopic (exact) mass is 338 g/mol. The lowest BCUT2D eigenvalue weighted by Gasteiger charge is -2.32. The van der Waals surface area contributed by atoms with E-state index in [9.17, 15) is 4.79 Å². The van der Waals surface area contributed by atoms with Crippen LogP contribution in [0, 0.1) is 0 Å². The summed E-state index contributed by atoms with van der Waals surface area (Å²) in [6.45, 7) is 8.08. The molecule has 1 fully saturated rings. The Morgan fingerprint density at radius 3 is 2.12 bits per heavy atom. The van der Waals surface area contributed by atoms with Crippen LogP contribution in [0.1, 0.15) is 38.1 Å². The quantitative estimate of drug-likeness (QED) is 0.808. The average Bonchev–Trinajstić information content (AvgIpc) is 2.82. The maximum absolute atomic E-state index is 12.6. The molecule has 0 saturated carbocycles. The molecule has 1 aliphatic rings. The van der Waals surface area contributed by atoms with E-state index < -0.39 is 7.12 Å². The summed E-state index contributed by atoms with van der Waals surface area (Å²) in [7, 11) is 1.29. The number of aromatic nitrogens is 1. The maximum atomic E-state index is 12.6. The van der Waals surface area contributed by atoms with Crippen molar-refractivity contribution >= 4 is 24.3 Å². The molecule has 1 amide bonds. The van der Waals surface area contributed by atoms with Crippen LogP contribution < -0.4 is 10.4 Å². The largest absolute Gasteiger partial charge is 0.494 e. The Morgan fingerprint density at radius 2 is 1.60 bits per heavy atom. The van der Waals surface area contributed by atoms with E-state index in [-0.39, 0.29) is 17.1 Å². The molecule has 0 bridgehead atoms. The van der Waals surface area contributed by atoms with E-state index in [2.05, 4.69) is 4.98 Å². The molecule has 2 aromatic rings. The second kappa shape index (κ2) is 6.28. The standard InChI is InChI=1S/C19H23BN2O3/c1-18(2)19(3,4)25-20(24-18)15-11-9-14(10-12-15)17(23)22(5)16-8-6-7-13-21-16/h6-13H,1-5H3. The second-order valence-electron chi connectivity index (χ2n) is 7.26. The third-order valence-corrected chi connectivity index (χ3v) is 4.98. The Hall–Kier alpha value is -2.18. The molecule has 6 heteroatoms. The van der Waals surface area contributed by atoms with Crippen LogP contribution in [-0.2, 0) is 9.31 Å². The van der Waals surface area contributed by atoms with Gasteiger partial charge in [0.05, 0.1) is 11.2 Å². The molecule has 1 aromatic carbocycles. The fraction of sp³-hybridized carbons (Fsp3) is 0.368. The summed E-state index contributed by atoms with van der Waals surface area (Å²) in [5, 5.41) is 0. The molecule has 0 spiro atoms. The first-order chi connectivity index (χ1) is 11.7. The van der Waals surface area contributed by atoms with Gasteiger partial charge in [0.15, 0.2) is 0 Å². The number of benzene rings is 1. The van der Waals surface area contributed by atoms with Gasteiger partial charge in [0.1, 0.15) is 5.82 Å². The second-order valence-corrected chi connectivity index (χ2v) is 7.26. The van der Waals surface area contributed by atoms with Gasteiger partial charge < -0.3 is 9.31 Å². The third kappa shape index (κ3) is 3.32. The zero-order valence-corrected chi connectivity index (χ0v) is 15.3. The fourth-order valence-corrected chi connectivity index (χ4v) is 2.61. The Labute approximate surface area is 149 Å². The average molecular weight is 338 g/mol. The van der Waals surface area contributed by atoms with Crippen LogP contribution in [0.25, 0.3) is 0 Å². The number of amides is 1. The Kier molecular flexibility index (Phi) is 4.43. The Balaban J connectivity index is 1.76. The van der Waals surface area contributed by atoms with Crippen molar-refractivity contribution in [1.29, 1.82) is 0 Å². The highest BCUT2D eigenvalue weighted by Gasteiger charge is 2.51. The fourth-order valence-electron chi connectivity index (χ4n) is 2.61. The molecule has 130 valence electrons. The van der Waals surface area contributed by atoms with Gasteiger partial charge in [-0.15, -0.1) is 0 Å². The summed E-state index contributed by atoms with van der Waals surface area (Å²) in [5.74, 6) is 0.502. The lowest BCUT2D eigenvalue weighted by Crippen LogP contribution is -2.41. The molecule has 0 unspecified atom stereocenters. The van der Waals surface area contributed by atoms with Gasteiger partial charge in [-0.2, -0.15) is 0 Å². The van der Waals surface area contributed by atoms with E-state index in [0.29, 0.717) is 11.4 Å². The normalized spacial score (nSPS) is 18.2. The van der Waals surface area contributed by atoms with Gasteiger partial charge in [-0.1, -0.05) is 18.2 Å². The number of hydrogen-bond donors (Lipinski definition) is 0. The predicted molar refractivity (Wildman–Crippen MR) is 99.1 cm³/mol. The summed E-state index contributed by atoms with van der Waals surface area (Å²) in [6.07, 6.45) is 1.67. The number of carbonyl (C=O) groups is 1. The summed E-state index contributed by atoms with van der Waals surface area (Å²) in [6, 6.07) is 12.8. The van der Waals surface area contributed by atoms with Gasteiger partial charge in [-0.3, -0.25) is 9.69 Å². The first kappa shape index (κ1) is 17.6. The van der Waals surface area contributed by atoms with Gasteiger partial charge in [0, 0.05) is 18.8 Å². The van der Waals surface area contributed by atoms with Crippen LogP contribution in [-0.4, -0.2) is 36.3 Å². The predicted octanol–water partition coefficient (Wildman–Crippen LogP) is 2.66. The molecule has 1 aromatic heterocycles. The van der Waals surface area contributed by atoms with E-state index in [1.165, 1.54) is 4.90 Å². The van der Waals surface area contributed by atoms with Crippen molar-refractivity contribution in [3.05, 3.63) is 54.2 Å². The molecule has 25 heavy (non-hydrogen) atoms. The SMILES string of the molecule is CN(C(=O)c1ccc(B2OC(C)(C)C(C)(C)O2)cc1)c1ccccn1. The number of carbonyl (C=O) groups excluding carboxylic acids is 1. The maximum Gasteiger partial charge on any atom is 0.494 e. The van der Waals surface area contributed by atoms with Crippen LogP contribution >= 0.6 is 0 Å². The summed E-state index contributed by atoms with van der Waals surface area (Å²) in [5.41, 5.74) is 0.723. The summed E-state index contributed by atoms with van der Waals surface area (Å²) >= 11 is 0. The van der Waals surface area contributed by atoms with Crippen molar-refractivity contribution < 1.29 is 14.1 Å². The minimum atomic E-state index is -0.428. The van der Waals surface area contributed by atoms with Crippen LogP contribution in [0.5, 0.6) is 0 Å². The minimum Gasteiger partial charge on any atom is -0.399 e. The lowest BCUT2D eigenvalue weighted by molar-refractivity contribution is 0.00578. The summed E-state index contributed by atoms with van der Waals surface area (Å²) in [4.78, 5) is 18.3. The molecule has 1 saturated heterocycles. The highest BCUT2D eigenvalue weighted by molar-refractivity contribution is 6.62. The number of nitrogens with zero attached hydrogens (tertiary/aromatic N) is 2. The number of anilines is 1. The third-order valence-electron chi connectivity index (χ3n) is 4.98. The van der Waals surface area contributed by atoms with E-state index in [0.717, 1.165) is 5.46 Å². The highest BCUT2D eigenvalue weighted by atomic mass is 16.7. The van der Waals surface area contributed by atoms with E-state index in [4.69, 9.17) is 9.31 Å². The Morgan fingerprint density at radius 1 is 1.00 bits per heavy atom. The molecule has 0 radical (unpaired) electrons. The smallest absolute Gasteiger partial charge is 0.399 e. The zero-order valence-electron chi connectivity index (χ0n) is 15.3. The number of hydrogen-bond acceptors (Lipinski definition) is 4. The van der Waals surface area contributed by atoms with Gasteiger partial charge in [-0.05, 0) is 57.4 Å². The molecule has 0 N–H and O–H groups in total. The van der Waals surface area contributed by atoms with Crippen molar-refractivity contribution in [3.8, 4) is 0 Å². The first-order valence-corrected chi connectivity index (χ1v) is 8.36. The van der Waals surface area contributed by atoms with Crippen molar-refractivity contribution in [2.24, 2.45) is 0 Å². The zero-order chi connectivity index (χ0) is 18.2. The lowest BCUT2D eigenvalue weighted by atomic mass is 9.79. The number of pyridine rings is 1. The van der Waals surface area contributed by atoms with Crippen LogP contribution in [0.2, 0.25) is 0 Å². The van der Waals surface area contributed by atoms with E-state index in [1.807, 2.05) is 52.0 Å². The highest BCUT2D eigenvalue weighted by Crippen LogP contribution is 2.36. The molecular weight excluding hydrogens is 315 g/mol. The van der Waals surface area contributed by atoms with Gasteiger partial charge in [0.2, 0.25) is 0 Å². The van der Waals surface area contributed by atoms with Gasteiger partial charge >= 0.3 is 7.12 Å². The van der Waals surface area contributed by atoms with E-state index in [1.54, 1.807) is 31.4 Å². The molecule has 3 rings (SSSR count). The number of rotatable bonds is 3. The summed E-state index contributed by atoms with van der Waals surface area (Å²) < 4.78 is 12.1. The van der Waals surface area contributed by atoms with Crippen molar-refractivity contribution in [2.75, 3.05) is 11.9 Å². The molecule has 5 nitrogen and oxygen atoms in total. The van der Waals surface area contributed by atoms with Gasteiger partial charge in [0.25, 0.3) is 5.91 Å². The van der Waals surface area contributed by atoms with Crippen molar-refractivity contribution in [1.82, 2.24) is 4.98 Å². The van der Waals surface area contributed by atoms with Crippen molar-refractivity contribution in [2.45, 2.75) is 38.9 Å². The first-order valence-electron chi connectivity index (χ1n) is 8.36. The topological polar surface area (TPSA) is 51.7 Å². The molecule has 0 aliphatic carbocycles. The Bertz CT molecular complexity index is 744. The van der Waals surface area contributed by atoms with Crippen molar-refractivity contribution in [3.63, 3.8) is 0 Å². The molecule has 0 atom stereocenters.